The highest BCUT2D eigenvalue weighted by atomic mass is 79.9. The minimum atomic E-state index is -1.07. The lowest BCUT2D eigenvalue weighted by Gasteiger charge is -2.20. The molecule has 24 heteroatoms. The first-order valence-corrected chi connectivity index (χ1v) is 23.3. The number of ether oxygens (including phenoxy) is 3. The van der Waals surface area contributed by atoms with Gasteiger partial charge in [-0.2, -0.15) is 0 Å². The van der Waals surface area contributed by atoms with Crippen LogP contribution in [0.1, 0.15) is 50.1 Å². The molecule has 384 valence electrons. The summed E-state index contributed by atoms with van der Waals surface area (Å²) in [6, 6.07) is 21.2. The molecular weight excluding hydrogens is 1260 g/mol. The predicted octanol–water partition coefficient (Wildman–Crippen LogP) is -0.509. The maximum atomic E-state index is 11.0. The van der Waals surface area contributed by atoms with Crippen LogP contribution in [0.4, 0.5) is 0 Å². The summed E-state index contributed by atoms with van der Waals surface area (Å²) >= 11 is 41.6. The third-order valence-electron chi connectivity index (χ3n) is 11.5. The van der Waals surface area contributed by atoms with E-state index in [9.17, 15) is 14.4 Å². The van der Waals surface area contributed by atoms with Crippen LogP contribution in [0, 0.1) is 20.8 Å². The lowest BCUT2D eigenvalue weighted by molar-refractivity contribution is -0.687. The lowest BCUT2D eigenvalue weighted by Crippen LogP contribution is -3.00. The van der Waals surface area contributed by atoms with Crippen molar-refractivity contribution in [3.8, 4) is 17.2 Å². The van der Waals surface area contributed by atoms with Crippen LogP contribution in [0.15, 0.2) is 91.8 Å². The number of carbonyl (C=O) groups is 3. The molecule has 15 nitrogen and oxygen atoms in total. The van der Waals surface area contributed by atoms with Crippen molar-refractivity contribution in [1.82, 2.24) is 13.7 Å². The van der Waals surface area contributed by atoms with E-state index >= 15 is 0 Å². The minimum absolute atomic E-state index is 0. The zero-order chi connectivity index (χ0) is 49.7. The first-order valence-electron chi connectivity index (χ1n) is 21.1. The van der Waals surface area contributed by atoms with E-state index in [2.05, 4.69) is 20.8 Å². The second-order valence-electron chi connectivity index (χ2n) is 16.1. The topological polar surface area (TPSA) is 166 Å². The maximum absolute atomic E-state index is 11.0. The highest BCUT2D eigenvalue weighted by Gasteiger charge is 2.29. The Bertz CT molecular complexity index is 2720. The molecule has 72 heavy (non-hydrogen) atoms. The fraction of sp³-hybridized carbons (Fsp3) is 0.250. The molecule has 0 bridgehead atoms. The van der Waals surface area contributed by atoms with Gasteiger partial charge in [-0.05, 0) is 160 Å². The van der Waals surface area contributed by atoms with E-state index in [-0.39, 0.29) is 50.9 Å². The molecule has 0 amide bonds. The zero-order valence-corrected chi connectivity index (χ0v) is 47.7. The van der Waals surface area contributed by atoms with Gasteiger partial charge in [0.1, 0.15) is 56.5 Å². The Balaban J connectivity index is 0.00000375. The molecule has 0 aliphatic carbocycles. The van der Waals surface area contributed by atoms with E-state index in [4.69, 9.17) is 99.1 Å². The summed E-state index contributed by atoms with van der Waals surface area (Å²) in [5.41, 5.74) is 8.55. The average molecular weight is 1300 g/mol. The normalized spacial score (nSPS) is 10.8. The summed E-state index contributed by atoms with van der Waals surface area (Å²) in [6.45, 7) is 6.96. The number of imidazole rings is 3. The first-order chi connectivity index (χ1) is 32.9. The van der Waals surface area contributed by atoms with Gasteiger partial charge >= 0.3 is 17.9 Å². The Morgan fingerprint density at radius 2 is 0.653 bits per heavy atom. The molecule has 0 radical (unpaired) electrons. The molecular formula is C48H45Br3Cl6N6O9. The monoisotopic (exact) mass is 1300 g/mol. The summed E-state index contributed by atoms with van der Waals surface area (Å²) in [7, 11) is 0. The van der Waals surface area contributed by atoms with Crippen LogP contribution in [0.3, 0.4) is 0 Å². The largest absolute Gasteiger partial charge is 1.00 e. The Morgan fingerprint density at radius 3 is 0.861 bits per heavy atom. The summed E-state index contributed by atoms with van der Waals surface area (Å²) in [5, 5.41) is 28.9. The molecule has 4 aromatic carbocycles. The van der Waals surface area contributed by atoms with Gasteiger partial charge in [0.2, 0.25) is 19.0 Å². The molecule has 7 aromatic rings. The van der Waals surface area contributed by atoms with Crippen molar-refractivity contribution >= 4 is 87.5 Å². The second-order valence-corrected chi connectivity index (χ2v) is 18.3. The van der Waals surface area contributed by atoms with Gasteiger partial charge in [0, 0.05) is 16.7 Å². The van der Waals surface area contributed by atoms with Crippen LogP contribution in [0.2, 0.25) is 30.9 Å². The van der Waals surface area contributed by atoms with Crippen molar-refractivity contribution in [1.29, 1.82) is 0 Å². The number of nitrogens with zero attached hydrogens (tertiary/aromatic N) is 6. The van der Waals surface area contributed by atoms with Gasteiger partial charge in [-0.1, -0.05) is 36.4 Å². The molecule has 0 unspecified atom stereocenters. The second kappa shape index (κ2) is 26.6. The molecule has 0 saturated carbocycles. The van der Waals surface area contributed by atoms with Crippen molar-refractivity contribution in [2.24, 2.45) is 0 Å². The molecule has 3 heterocycles. The van der Waals surface area contributed by atoms with Crippen LogP contribution in [0.5, 0.6) is 17.2 Å². The van der Waals surface area contributed by atoms with Crippen LogP contribution in [-0.4, -0.2) is 66.7 Å². The van der Waals surface area contributed by atoms with Gasteiger partial charge in [-0.15, -0.1) is 0 Å². The highest BCUT2D eigenvalue weighted by molar-refractivity contribution is 6.40. The zero-order valence-electron chi connectivity index (χ0n) is 38.4. The summed E-state index contributed by atoms with van der Waals surface area (Å²) in [5.74, 6) is -1.93. The van der Waals surface area contributed by atoms with Crippen molar-refractivity contribution in [2.75, 3.05) is 19.8 Å². The molecule has 7 rings (SSSR count). The maximum Gasteiger partial charge on any atom is 0.341 e. The number of hydrogen-bond acceptors (Lipinski definition) is 6. The van der Waals surface area contributed by atoms with Crippen LogP contribution in [-0.2, 0) is 53.7 Å². The average Bonchev–Trinajstić information content (AvgIpc) is 3.86. The number of carboxylic acid groups (broad SMARTS) is 3. The van der Waals surface area contributed by atoms with Gasteiger partial charge in [0.25, 0.3) is 30.9 Å². The molecule has 0 aliphatic heterocycles. The Hall–Kier alpha value is -4.50. The molecule has 0 aliphatic rings. The van der Waals surface area contributed by atoms with Gasteiger partial charge in [-0.3, -0.25) is 0 Å². The number of carboxylic acids is 3. The Kier molecular flexibility index (Phi) is 22.2. The third kappa shape index (κ3) is 14.6. The summed E-state index contributed by atoms with van der Waals surface area (Å²) in [4.78, 5) is 32.9. The van der Waals surface area contributed by atoms with E-state index in [1.807, 2.05) is 82.8 Å². The van der Waals surface area contributed by atoms with Crippen molar-refractivity contribution < 1.29 is 109 Å². The molecule has 3 aromatic heterocycles. The van der Waals surface area contributed by atoms with E-state index in [1.165, 1.54) is 0 Å². The summed E-state index contributed by atoms with van der Waals surface area (Å²) in [6.07, 6.45) is 5.55. The number of hydrogen-bond donors (Lipinski definition) is 3. The Labute approximate surface area is 475 Å². The fourth-order valence-corrected chi connectivity index (χ4v) is 9.16. The van der Waals surface area contributed by atoms with E-state index in [0.717, 1.165) is 50.1 Å². The highest BCUT2D eigenvalue weighted by Crippen LogP contribution is 2.31. The number of halogens is 9. The third-order valence-corrected chi connectivity index (χ3v) is 14.1. The number of aliphatic carboxylic acids is 3. The van der Waals surface area contributed by atoms with Crippen molar-refractivity contribution in [3.63, 3.8) is 0 Å². The quantitative estimate of drug-likeness (QED) is 0.0805. The van der Waals surface area contributed by atoms with Gasteiger partial charge in [0.05, 0.1) is 0 Å². The summed E-state index contributed by atoms with van der Waals surface area (Å²) < 4.78 is 27.0. The van der Waals surface area contributed by atoms with Crippen LogP contribution >= 0.6 is 69.6 Å². The standard InChI is InChI=1S/C48H42Cl6N6O9.3BrH/c1-28-37(19-58-25-55(43(49)46(58)52)16-31-4-10-34(11-5-31)67-22-40(61)62)29(2)39(21-60-27-57(45(51)48(60)54)18-33-8-14-36(15-9-33)69-24-42(65)66)30(3)38(28)20-59-26-56(44(50)47(59)53)17-32-6-12-35(13-7-32)68-23-41(63)64;;;/h4-15,25-27H,16-24H2,1-3H3;3*1H. The number of rotatable bonds is 21. The van der Waals surface area contributed by atoms with Crippen LogP contribution < -0.4 is 78.9 Å². The molecule has 0 atom stereocenters. The Morgan fingerprint density at radius 1 is 0.431 bits per heavy atom. The molecule has 0 saturated heterocycles. The smallest absolute Gasteiger partial charge is 0.341 e. The number of aromatic nitrogens is 6. The van der Waals surface area contributed by atoms with Gasteiger partial charge in [-0.25, -0.2) is 41.8 Å². The molecule has 3 N–H and O–H groups in total. The van der Waals surface area contributed by atoms with Crippen molar-refractivity contribution in [2.45, 2.75) is 60.0 Å². The molecule has 0 fully saturated rings. The minimum Gasteiger partial charge on any atom is -1.00 e. The van der Waals surface area contributed by atoms with E-state index in [1.54, 1.807) is 36.4 Å². The van der Waals surface area contributed by atoms with Crippen LogP contribution in [0.25, 0.3) is 0 Å². The fourth-order valence-electron chi connectivity index (χ4n) is 7.89. The predicted molar refractivity (Wildman–Crippen MR) is 258 cm³/mol. The van der Waals surface area contributed by atoms with E-state index in [0.29, 0.717) is 87.4 Å². The van der Waals surface area contributed by atoms with Gasteiger partial charge in [0.15, 0.2) is 19.8 Å². The lowest BCUT2D eigenvalue weighted by atomic mass is 9.87. The van der Waals surface area contributed by atoms with Crippen molar-refractivity contribution in [3.05, 3.63) is 173 Å². The van der Waals surface area contributed by atoms with Gasteiger partial charge < -0.3 is 80.5 Å². The number of benzene rings is 4. The molecule has 0 spiro atoms. The van der Waals surface area contributed by atoms with E-state index < -0.39 is 37.7 Å². The SMILES string of the molecule is Cc1c(C[n+]2cn(Cc3ccc(OCC(=O)O)cc3)c(Cl)c2Cl)c(C)c(C[n+]2cn(Cc3ccc(OCC(=O)O)cc3)c(Cl)c2Cl)c(C)c1C[n+]1cn(Cc2ccc(OCC(=O)O)cc2)c(Cl)c1Cl.[Br-].[Br-].[Br-]. The first kappa shape index (κ1) is 60.1.